The Morgan fingerprint density at radius 2 is 1.83 bits per heavy atom. The van der Waals surface area contributed by atoms with Crippen molar-refractivity contribution < 1.29 is 13.6 Å². The lowest BCUT2D eigenvalue weighted by molar-refractivity contribution is -0.120. The first kappa shape index (κ1) is 14.6. The van der Waals surface area contributed by atoms with Crippen LogP contribution in [0.15, 0.2) is 18.2 Å². The van der Waals surface area contributed by atoms with Crippen molar-refractivity contribution in [3.8, 4) is 0 Å². The fourth-order valence-electron chi connectivity index (χ4n) is 1.56. The number of nitrogens with one attached hydrogen (secondary N) is 2. The molecule has 18 heavy (non-hydrogen) atoms. The molecule has 0 saturated heterocycles. The number of hydrogen-bond acceptors (Lipinski definition) is 2. The van der Waals surface area contributed by atoms with Crippen molar-refractivity contribution in [3.05, 3.63) is 35.4 Å². The first-order chi connectivity index (χ1) is 8.47. The molecule has 0 unspecified atom stereocenters. The van der Waals surface area contributed by atoms with Crippen LogP contribution in [0, 0.1) is 11.6 Å². The molecule has 100 valence electrons. The van der Waals surface area contributed by atoms with Gasteiger partial charge in [0.05, 0.1) is 6.54 Å². The van der Waals surface area contributed by atoms with E-state index in [4.69, 9.17) is 0 Å². The van der Waals surface area contributed by atoms with Crippen molar-refractivity contribution in [1.29, 1.82) is 0 Å². The van der Waals surface area contributed by atoms with E-state index in [1.807, 2.05) is 13.8 Å². The van der Waals surface area contributed by atoms with E-state index in [9.17, 15) is 13.6 Å². The summed E-state index contributed by atoms with van der Waals surface area (Å²) >= 11 is 0. The Hall–Kier alpha value is -1.49. The van der Waals surface area contributed by atoms with Crippen molar-refractivity contribution in [3.63, 3.8) is 0 Å². The minimum Gasteiger partial charge on any atom is -0.353 e. The summed E-state index contributed by atoms with van der Waals surface area (Å²) in [5, 5.41) is 5.66. The second kappa shape index (κ2) is 7.06. The molecular weight excluding hydrogens is 238 g/mol. The molecule has 0 aliphatic rings. The number of carbonyl (C=O) groups is 1. The van der Waals surface area contributed by atoms with E-state index in [2.05, 4.69) is 10.6 Å². The molecular formula is C13H18F2N2O. The summed E-state index contributed by atoms with van der Waals surface area (Å²) in [6, 6.07) is 3.53. The summed E-state index contributed by atoms with van der Waals surface area (Å²) in [7, 11) is 0. The standard InChI is InChI=1S/C13H18F2N2O/c1-9(2)17-13(18)8-16-4-3-10-5-11(14)7-12(15)6-10/h5-7,9,16H,3-4,8H2,1-2H3,(H,17,18). The van der Waals surface area contributed by atoms with E-state index in [1.54, 1.807) is 0 Å². The van der Waals surface area contributed by atoms with Gasteiger partial charge in [-0.1, -0.05) is 0 Å². The molecule has 0 fully saturated rings. The molecule has 0 aromatic heterocycles. The lowest BCUT2D eigenvalue weighted by atomic mass is 10.1. The van der Waals surface area contributed by atoms with Crippen LogP contribution in [0.1, 0.15) is 19.4 Å². The van der Waals surface area contributed by atoms with Gasteiger partial charge in [-0.15, -0.1) is 0 Å². The molecule has 2 N–H and O–H groups in total. The minimum atomic E-state index is -0.581. The van der Waals surface area contributed by atoms with Gasteiger partial charge in [-0.05, 0) is 44.5 Å². The van der Waals surface area contributed by atoms with Gasteiger partial charge in [0.2, 0.25) is 5.91 Å². The van der Waals surface area contributed by atoms with Crippen molar-refractivity contribution in [2.24, 2.45) is 0 Å². The molecule has 0 bridgehead atoms. The predicted octanol–water partition coefficient (Wildman–Crippen LogP) is 1.62. The third-order valence-electron chi connectivity index (χ3n) is 2.25. The van der Waals surface area contributed by atoms with Gasteiger partial charge in [-0.25, -0.2) is 8.78 Å². The predicted molar refractivity (Wildman–Crippen MR) is 66.2 cm³/mol. The van der Waals surface area contributed by atoms with Gasteiger partial charge in [0.1, 0.15) is 11.6 Å². The summed E-state index contributed by atoms with van der Waals surface area (Å²) < 4.78 is 25.8. The number of benzene rings is 1. The average molecular weight is 256 g/mol. The summed E-state index contributed by atoms with van der Waals surface area (Å²) in [6.45, 7) is 4.46. The molecule has 0 aliphatic heterocycles. The van der Waals surface area contributed by atoms with Crippen molar-refractivity contribution in [2.75, 3.05) is 13.1 Å². The van der Waals surface area contributed by atoms with Gasteiger partial charge in [0.15, 0.2) is 0 Å². The normalized spacial score (nSPS) is 10.7. The molecule has 1 aromatic rings. The molecule has 1 aromatic carbocycles. The Balaban J connectivity index is 2.27. The third-order valence-corrected chi connectivity index (χ3v) is 2.25. The van der Waals surface area contributed by atoms with E-state index < -0.39 is 11.6 Å². The lowest BCUT2D eigenvalue weighted by Crippen LogP contribution is -2.38. The van der Waals surface area contributed by atoms with Crippen molar-refractivity contribution in [1.82, 2.24) is 10.6 Å². The number of amides is 1. The maximum absolute atomic E-state index is 12.9. The molecule has 1 amide bonds. The van der Waals surface area contributed by atoms with Crippen LogP contribution in [0.5, 0.6) is 0 Å². The van der Waals surface area contributed by atoms with Crippen LogP contribution in [0.4, 0.5) is 8.78 Å². The van der Waals surface area contributed by atoms with Crippen LogP contribution < -0.4 is 10.6 Å². The molecule has 5 heteroatoms. The van der Waals surface area contributed by atoms with E-state index in [1.165, 1.54) is 12.1 Å². The fourth-order valence-corrected chi connectivity index (χ4v) is 1.56. The maximum atomic E-state index is 12.9. The van der Waals surface area contributed by atoms with Crippen LogP contribution >= 0.6 is 0 Å². The largest absolute Gasteiger partial charge is 0.353 e. The zero-order chi connectivity index (χ0) is 13.5. The molecule has 0 saturated carbocycles. The highest BCUT2D eigenvalue weighted by Crippen LogP contribution is 2.07. The highest BCUT2D eigenvalue weighted by Gasteiger charge is 2.03. The van der Waals surface area contributed by atoms with Gasteiger partial charge in [0, 0.05) is 12.1 Å². The van der Waals surface area contributed by atoms with Gasteiger partial charge < -0.3 is 10.6 Å². The quantitative estimate of drug-likeness (QED) is 0.759. The average Bonchev–Trinajstić information content (AvgIpc) is 2.22. The van der Waals surface area contributed by atoms with E-state index in [0.717, 1.165) is 6.07 Å². The number of halogens is 2. The lowest BCUT2D eigenvalue weighted by Gasteiger charge is -2.09. The Morgan fingerprint density at radius 1 is 1.22 bits per heavy atom. The monoisotopic (exact) mass is 256 g/mol. The zero-order valence-corrected chi connectivity index (χ0v) is 10.6. The van der Waals surface area contributed by atoms with Crippen LogP contribution in [0.2, 0.25) is 0 Å². The van der Waals surface area contributed by atoms with Crippen molar-refractivity contribution in [2.45, 2.75) is 26.3 Å². The fraction of sp³-hybridized carbons (Fsp3) is 0.462. The Labute approximate surface area is 106 Å². The van der Waals surface area contributed by atoms with Crippen LogP contribution in [-0.2, 0) is 11.2 Å². The molecule has 0 atom stereocenters. The topological polar surface area (TPSA) is 41.1 Å². The molecule has 0 spiro atoms. The highest BCUT2D eigenvalue weighted by atomic mass is 19.1. The summed E-state index contributed by atoms with van der Waals surface area (Å²) in [4.78, 5) is 11.3. The SMILES string of the molecule is CC(C)NC(=O)CNCCc1cc(F)cc(F)c1. The number of rotatable bonds is 6. The van der Waals surface area contributed by atoms with Crippen LogP contribution in [-0.4, -0.2) is 25.0 Å². The summed E-state index contributed by atoms with van der Waals surface area (Å²) in [6.07, 6.45) is 0.476. The van der Waals surface area contributed by atoms with E-state index >= 15 is 0 Å². The first-order valence-electron chi connectivity index (χ1n) is 5.92. The van der Waals surface area contributed by atoms with Gasteiger partial charge in [-0.2, -0.15) is 0 Å². The van der Waals surface area contributed by atoms with Gasteiger partial charge >= 0.3 is 0 Å². The molecule has 1 rings (SSSR count). The Morgan fingerprint density at radius 3 is 2.39 bits per heavy atom. The second-order valence-electron chi connectivity index (χ2n) is 4.43. The number of carbonyl (C=O) groups excluding carboxylic acids is 1. The van der Waals surface area contributed by atoms with Crippen LogP contribution in [0.3, 0.4) is 0 Å². The smallest absolute Gasteiger partial charge is 0.234 e. The van der Waals surface area contributed by atoms with E-state index in [-0.39, 0.29) is 18.5 Å². The highest BCUT2D eigenvalue weighted by molar-refractivity contribution is 5.78. The van der Waals surface area contributed by atoms with Crippen LogP contribution in [0.25, 0.3) is 0 Å². The zero-order valence-electron chi connectivity index (χ0n) is 10.6. The minimum absolute atomic E-state index is 0.0876. The third kappa shape index (κ3) is 5.72. The number of hydrogen-bond donors (Lipinski definition) is 2. The second-order valence-corrected chi connectivity index (χ2v) is 4.43. The van der Waals surface area contributed by atoms with Gasteiger partial charge in [-0.3, -0.25) is 4.79 Å². The summed E-state index contributed by atoms with van der Waals surface area (Å²) in [5.41, 5.74) is 0.573. The molecule has 3 nitrogen and oxygen atoms in total. The molecule has 0 aliphatic carbocycles. The van der Waals surface area contributed by atoms with Crippen molar-refractivity contribution >= 4 is 5.91 Å². The Bertz CT molecular complexity index is 388. The maximum Gasteiger partial charge on any atom is 0.234 e. The molecule has 0 radical (unpaired) electrons. The molecule has 0 heterocycles. The van der Waals surface area contributed by atoms with E-state index in [0.29, 0.717) is 18.5 Å². The van der Waals surface area contributed by atoms with Gasteiger partial charge in [0.25, 0.3) is 0 Å². The summed E-state index contributed by atoms with van der Waals surface area (Å²) in [5.74, 6) is -1.25. The first-order valence-corrected chi connectivity index (χ1v) is 5.92. The Kier molecular flexibility index (Phi) is 5.71.